The largest absolute Gasteiger partial charge is 0.298 e. The molecular formula is C10H18NOP. The Hall–Kier alpha value is 0.0600. The summed E-state index contributed by atoms with van der Waals surface area (Å²) in [5.74, 6) is 1.35. The highest BCUT2D eigenvalue weighted by Gasteiger charge is 2.61. The van der Waals surface area contributed by atoms with E-state index in [-0.39, 0.29) is 12.0 Å². The van der Waals surface area contributed by atoms with E-state index < -0.39 is 0 Å². The van der Waals surface area contributed by atoms with Crippen LogP contribution in [0.3, 0.4) is 0 Å². The standard InChI is InChI=1S/C10H18NOP/c1-6(2)8(12)7-5-10(3)9(13-10)11(7)4/h6-7,9,13H,5H2,1-4H3. The summed E-state index contributed by atoms with van der Waals surface area (Å²) < 4.78 is 0. The molecule has 0 spiro atoms. The first kappa shape index (κ1) is 9.61. The first-order chi connectivity index (χ1) is 5.96. The molecule has 2 aliphatic rings. The third-order valence-electron chi connectivity index (χ3n) is 3.40. The van der Waals surface area contributed by atoms with E-state index in [0.717, 1.165) is 20.8 Å². The van der Waals surface area contributed by atoms with Gasteiger partial charge in [-0.1, -0.05) is 29.4 Å². The predicted molar refractivity (Wildman–Crippen MR) is 56.5 cm³/mol. The maximum atomic E-state index is 11.8. The maximum Gasteiger partial charge on any atom is 0.152 e. The SMILES string of the molecule is CC(C)C(=O)C1CC2(C)PC2N1C. The Morgan fingerprint density at radius 1 is 1.62 bits per heavy atom. The number of carbonyl (C=O) groups is 1. The van der Waals surface area contributed by atoms with Crippen LogP contribution in [0.4, 0.5) is 0 Å². The average molecular weight is 199 g/mol. The summed E-state index contributed by atoms with van der Waals surface area (Å²) >= 11 is 0. The number of likely N-dealkylation sites (tertiary alicyclic amines) is 1. The Balaban J connectivity index is 2.08. The van der Waals surface area contributed by atoms with Crippen LogP contribution >= 0.6 is 8.58 Å². The Kier molecular flexibility index (Phi) is 2.05. The molecule has 0 saturated carbocycles. The molecule has 3 heteroatoms. The molecule has 2 saturated heterocycles. The molecule has 13 heavy (non-hydrogen) atoms. The highest BCUT2D eigenvalue weighted by molar-refractivity contribution is 7.50. The van der Waals surface area contributed by atoms with Crippen molar-refractivity contribution in [3.63, 3.8) is 0 Å². The van der Waals surface area contributed by atoms with Crippen LogP contribution in [-0.4, -0.2) is 34.7 Å². The van der Waals surface area contributed by atoms with E-state index >= 15 is 0 Å². The fourth-order valence-electron chi connectivity index (χ4n) is 2.40. The number of fused-ring (bicyclic) bond motifs is 1. The minimum atomic E-state index is 0.192. The third kappa shape index (κ3) is 1.35. The summed E-state index contributed by atoms with van der Waals surface area (Å²) in [6.07, 6.45) is 1.10. The van der Waals surface area contributed by atoms with Gasteiger partial charge < -0.3 is 0 Å². The molecule has 2 nitrogen and oxygen atoms in total. The van der Waals surface area contributed by atoms with E-state index in [1.54, 1.807) is 0 Å². The van der Waals surface area contributed by atoms with Crippen molar-refractivity contribution in [3.05, 3.63) is 0 Å². The molecule has 2 heterocycles. The smallest absolute Gasteiger partial charge is 0.152 e. The van der Waals surface area contributed by atoms with Crippen LogP contribution in [0.15, 0.2) is 0 Å². The van der Waals surface area contributed by atoms with Crippen molar-refractivity contribution in [2.24, 2.45) is 5.92 Å². The van der Waals surface area contributed by atoms with Crippen molar-refractivity contribution in [2.45, 2.75) is 44.2 Å². The Labute approximate surface area is 81.8 Å². The summed E-state index contributed by atoms with van der Waals surface area (Å²) in [5, 5.41) is 0.504. The molecule has 2 aliphatic heterocycles. The first-order valence-corrected chi connectivity index (χ1v) is 6.07. The number of carbonyl (C=O) groups excluding carboxylic acids is 1. The van der Waals surface area contributed by atoms with Crippen LogP contribution < -0.4 is 0 Å². The van der Waals surface area contributed by atoms with Crippen molar-refractivity contribution in [1.29, 1.82) is 0 Å². The minimum absolute atomic E-state index is 0.192. The van der Waals surface area contributed by atoms with Crippen molar-refractivity contribution < 1.29 is 4.79 Å². The Morgan fingerprint density at radius 3 is 2.62 bits per heavy atom. The van der Waals surface area contributed by atoms with Gasteiger partial charge in [-0.2, -0.15) is 0 Å². The average Bonchev–Trinajstić information content (AvgIpc) is 2.65. The number of Topliss-reactive ketones (excluding diaryl/α,β-unsaturated/α-hetero) is 1. The summed E-state index contributed by atoms with van der Waals surface area (Å²) in [6.45, 7) is 6.33. The maximum absolute atomic E-state index is 11.8. The van der Waals surface area contributed by atoms with Crippen LogP contribution in [0, 0.1) is 5.92 Å². The lowest BCUT2D eigenvalue weighted by Crippen LogP contribution is -2.37. The number of hydrogen-bond donors (Lipinski definition) is 0. The van der Waals surface area contributed by atoms with Gasteiger partial charge in [0.1, 0.15) is 0 Å². The molecule has 2 fully saturated rings. The molecule has 0 radical (unpaired) electrons. The summed E-state index contributed by atoms with van der Waals surface area (Å²) in [5.41, 5.74) is 0. The van der Waals surface area contributed by atoms with Gasteiger partial charge in [0.2, 0.25) is 0 Å². The zero-order valence-electron chi connectivity index (χ0n) is 8.79. The van der Waals surface area contributed by atoms with Crippen molar-refractivity contribution >= 4 is 14.4 Å². The number of ketones is 1. The topological polar surface area (TPSA) is 20.3 Å². The summed E-state index contributed by atoms with van der Waals surface area (Å²) in [6, 6.07) is 0.219. The van der Waals surface area contributed by atoms with Crippen LogP contribution in [0.1, 0.15) is 27.2 Å². The van der Waals surface area contributed by atoms with Gasteiger partial charge in [0.25, 0.3) is 0 Å². The van der Waals surface area contributed by atoms with E-state index in [1.807, 2.05) is 13.8 Å². The predicted octanol–water partition coefficient (Wildman–Crippen LogP) is 1.69. The van der Waals surface area contributed by atoms with Crippen molar-refractivity contribution in [2.75, 3.05) is 7.05 Å². The zero-order chi connectivity index (χ0) is 9.80. The highest BCUT2D eigenvalue weighted by Crippen LogP contribution is 2.68. The molecule has 0 aromatic heterocycles. The second-order valence-electron chi connectivity index (χ2n) is 4.91. The van der Waals surface area contributed by atoms with Gasteiger partial charge in [-0.25, -0.2) is 0 Å². The summed E-state index contributed by atoms with van der Waals surface area (Å²) in [7, 11) is 3.18. The van der Waals surface area contributed by atoms with Gasteiger partial charge >= 0.3 is 0 Å². The van der Waals surface area contributed by atoms with E-state index in [2.05, 4.69) is 18.9 Å². The Bertz CT molecular complexity index is 253. The molecule has 0 aromatic carbocycles. The number of nitrogens with zero attached hydrogens (tertiary/aromatic N) is 1. The molecule has 4 atom stereocenters. The number of hydrogen-bond acceptors (Lipinski definition) is 2. The molecule has 0 N–H and O–H groups in total. The molecule has 0 bridgehead atoms. The fourth-order valence-corrected chi connectivity index (χ4v) is 3.96. The quantitative estimate of drug-likeness (QED) is 0.631. The van der Waals surface area contributed by atoms with Gasteiger partial charge in [0.15, 0.2) is 5.78 Å². The molecule has 0 amide bonds. The second kappa shape index (κ2) is 2.77. The van der Waals surface area contributed by atoms with E-state index in [4.69, 9.17) is 0 Å². The van der Waals surface area contributed by atoms with E-state index in [9.17, 15) is 4.79 Å². The van der Waals surface area contributed by atoms with Gasteiger partial charge in [0.05, 0.1) is 6.04 Å². The number of likely N-dealkylation sites (N-methyl/N-ethyl adjacent to an activating group) is 1. The lowest BCUT2D eigenvalue weighted by molar-refractivity contribution is -0.126. The van der Waals surface area contributed by atoms with Crippen LogP contribution in [0.25, 0.3) is 0 Å². The van der Waals surface area contributed by atoms with Crippen molar-refractivity contribution in [1.82, 2.24) is 4.90 Å². The Morgan fingerprint density at radius 2 is 2.23 bits per heavy atom. The van der Waals surface area contributed by atoms with E-state index in [1.165, 1.54) is 0 Å². The first-order valence-electron chi connectivity index (χ1n) is 4.99. The lowest BCUT2D eigenvalue weighted by Gasteiger charge is -2.22. The van der Waals surface area contributed by atoms with Crippen molar-refractivity contribution in [3.8, 4) is 0 Å². The zero-order valence-corrected chi connectivity index (χ0v) is 9.79. The van der Waals surface area contributed by atoms with Gasteiger partial charge in [-0.05, 0) is 13.5 Å². The summed E-state index contributed by atoms with van der Waals surface area (Å²) in [4.78, 5) is 14.1. The second-order valence-corrected chi connectivity index (χ2v) is 6.88. The molecule has 2 rings (SSSR count). The molecule has 0 aliphatic carbocycles. The van der Waals surface area contributed by atoms with E-state index in [0.29, 0.717) is 10.9 Å². The monoisotopic (exact) mass is 199 g/mol. The molecular weight excluding hydrogens is 181 g/mol. The van der Waals surface area contributed by atoms with Gasteiger partial charge in [-0.3, -0.25) is 9.69 Å². The van der Waals surface area contributed by atoms with Gasteiger partial charge in [0, 0.05) is 16.9 Å². The molecule has 4 unspecified atom stereocenters. The van der Waals surface area contributed by atoms with Crippen LogP contribution in [-0.2, 0) is 4.79 Å². The molecule has 74 valence electrons. The van der Waals surface area contributed by atoms with Crippen LogP contribution in [0.2, 0.25) is 0 Å². The van der Waals surface area contributed by atoms with Gasteiger partial charge in [-0.15, -0.1) is 0 Å². The molecule has 0 aromatic rings. The normalized spacial score (nSPS) is 45.6. The third-order valence-corrected chi connectivity index (χ3v) is 5.54. The fraction of sp³-hybridized carbons (Fsp3) is 0.900. The number of rotatable bonds is 2. The minimum Gasteiger partial charge on any atom is -0.298 e. The highest BCUT2D eigenvalue weighted by atomic mass is 31.1. The van der Waals surface area contributed by atoms with Crippen LogP contribution in [0.5, 0.6) is 0 Å². The lowest BCUT2D eigenvalue weighted by atomic mass is 9.97.